The summed E-state index contributed by atoms with van der Waals surface area (Å²) in [5.74, 6) is -0.250. The number of nitrogens with zero attached hydrogens (tertiary/aromatic N) is 3. The van der Waals surface area contributed by atoms with Crippen molar-refractivity contribution in [3.05, 3.63) is 56.6 Å². The van der Waals surface area contributed by atoms with Gasteiger partial charge in [0, 0.05) is 58.3 Å². The summed E-state index contributed by atoms with van der Waals surface area (Å²) >= 11 is 0. The molecule has 0 aromatic heterocycles. The number of ether oxygens (including phenoxy) is 7. The molecule has 2 aromatic carbocycles. The molecule has 2 rings (SSSR count). The molecule has 0 spiro atoms. The lowest BCUT2D eigenvalue weighted by Crippen LogP contribution is -2.39. The largest absolute Gasteiger partial charge is 0.493 e. The molecule has 2 amide bonds. The standard InChI is InChI=1S/C32H43N3O13/c1-21-14-23(18-42-4)30(24(15-21)20-46-29(37)11-9-8-10-28(36)45-7)48-32(39)34(3)13-12-33(2)31(38)47-19-22-16-26(43-5)27(44-6)17-25(22)35(40)41/h14-17H,8-13,18-20H2,1-7H3. The van der Waals surface area contributed by atoms with Gasteiger partial charge >= 0.3 is 24.1 Å². The minimum absolute atomic E-state index is 0.0394. The van der Waals surface area contributed by atoms with Crippen molar-refractivity contribution in [3.8, 4) is 17.2 Å². The lowest BCUT2D eigenvalue weighted by Gasteiger charge is -2.23. The van der Waals surface area contributed by atoms with Crippen molar-refractivity contribution in [3.63, 3.8) is 0 Å². The topological polar surface area (TPSA) is 183 Å². The van der Waals surface area contributed by atoms with E-state index in [0.717, 1.165) is 5.56 Å². The highest BCUT2D eigenvalue weighted by Crippen LogP contribution is 2.35. The number of likely N-dealkylation sites (N-methyl/N-ethyl adjacent to an activating group) is 2. The van der Waals surface area contributed by atoms with Crippen LogP contribution in [-0.4, -0.2) is 94.5 Å². The van der Waals surface area contributed by atoms with Crippen molar-refractivity contribution in [2.75, 3.05) is 55.6 Å². The van der Waals surface area contributed by atoms with E-state index in [0.29, 0.717) is 24.0 Å². The Labute approximate surface area is 278 Å². The average Bonchev–Trinajstić information content (AvgIpc) is 3.07. The van der Waals surface area contributed by atoms with Gasteiger partial charge in [0.2, 0.25) is 0 Å². The summed E-state index contributed by atoms with van der Waals surface area (Å²) < 4.78 is 36.6. The van der Waals surface area contributed by atoms with E-state index in [4.69, 9.17) is 28.4 Å². The number of benzene rings is 2. The third kappa shape index (κ3) is 11.9. The average molecular weight is 678 g/mol. The molecule has 16 nitrogen and oxygen atoms in total. The molecule has 0 radical (unpaired) electrons. The van der Waals surface area contributed by atoms with Crippen LogP contribution in [0.2, 0.25) is 0 Å². The molecule has 0 aliphatic heterocycles. The molecule has 48 heavy (non-hydrogen) atoms. The van der Waals surface area contributed by atoms with Gasteiger partial charge in [0.15, 0.2) is 11.5 Å². The Morgan fingerprint density at radius 3 is 1.83 bits per heavy atom. The number of nitro groups is 1. The van der Waals surface area contributed by atoms with Crippen molar-refractivity contribution < 1.29 is 57.3 Å². The Morgan fingerprint density at radius 1 is 0.729 bits per heavy atom. The summed E-state index contributed by atoms with van der Waals surface area (Å²) in [6.07, 6.45) is -0.289. The zero-order chi connectivity index (χ0) is 35.8. The molecule has 0 aliphatic carbocycles. The van der Waals surface area contributed by atoms with Gasteiger partial charge in [-0.25, -0.2) is 9.59 Å². The Kier molecular flexibility index (Phi) is 15.9. The Hall–Kier alpha value is -5.12. The maximum absolute atomic E-state index is 13.1. The zero-order valence-electron chi connectivity index (χ0n) is 28.3. The number of carbonyl (C=O) groups is 4. The van der Waals surface area contributed by atoms with Gasteiger partial charge < -0.3 is 43.0 Å². The number of aryl methyl sites for hydroxylation is 1. The number of methoxy groups -OCH3 is 4. The highest BCUT2D eigenvalue weighted by molar-refractivity contribution is 5.73. The first-order valence-corrected chi connectivity index (χ1v) is 14.9. The van der Waals surface area contributed by atoms with Gasteiger partial charge in [0.25, 0.3) is 5.69 Å². The zero-order valence-corrected chi connectivity index (χ0v) is 28.3. The van der Waals surface area contributed by atoms with Gasteiger partial charge in [-0.15, -0.1) is 0 Å². The second-order valence-electron chi connectivity index (χ2n) is 10.6. The molecule has 0 atom stereocenters. The highest BCUT2D eigenvalue weighted by atomic mass is 16.6. The maximum Gasteiger partial charge on any atom is 0.415 e. The van der Waals surface area contributed by atoms with Crippen LogP contribution < -0.4 is 14.2 Å². The predicted octanol–water partition coefficient (Wildman–Crippen LogP) is 4.54. The van der Waals surface area contributed by atoms with Crippen LogP contribution in [0.15, 0.2) is 24.3 Å². The van der Waals surface area contributed by atoms with Crippen molar-refractivity contribution in [1.82, 2.24) is 9.80 Å². The van der Waals surface area contributed by atoms with E-state index in [-0.39, 0.29) is 73.6 Å². The first kappa shape index (κ1) is 39.1. The van der Waals surface area contributed by atoms with E-state index in [1.165, 1.54) is 64.5 Å². The molecule has 0 aliphatic rings. The fourth-order valence-electron chi connectivity index (χ4n) is 4.39. The number of hydrogen-bond donors (Lipinski definition) is 0. The second kappa shape index (κ2) is 19.5. The van der Waals surface area contributed by atoms with Crippen molar-refractivity contribution in [1.29, 1.82) is 0 Å². The molecule has 2 aromatic rings. The van der Waals surface area contributed by atoms with Gasteiger partial charge in [0.05, 0.1) is 44.5 Å². The highest BCUT2D eigenvalue weighted by Gasteiger charge is 2.23. The third-order valence-electron chi connectivity index (χ3n) is 7.03. The van der Waals surface area contributed by atoms with E-state index in [1.54, 1.807) is 12.1 Å². The van der Waals surface area contributed by atoms with Crippen LogP contribution in [-0.2, 0) is 48.4 Å². The fraction of sp³-hybridized carbons (Fsp3) is 0.500. The smallest absolute Gasteiger partial charge is 0.415 e. The minimum atomic E-state index is -0.781. The first-order chi connectivity index (χ1) is 22.8. The number of rotatable bonds is 18. The van der Waals surface area contributed by atoms with Crippen molar-refractivity contribution >= 4 is 29.8 Å². The van der Waals surface area contributed by atoms with E-state index in [1.807, 2.05) is 6.92 Å². The normalized spacial score (nSPS) is 10.5. The van der Waals surface area contributed by atoms with Crippen LogP contribution in [0.5, 0.6) is 17.2 Å². The van der Waals surface area contributed by atoms with E-state index >= 15 is 0 Å². The van der Waals surface area contributed by atoms with Crippen LogP contribution in [0.4, 0.5) is 15.3 Å². The van der Waals surface area contributed by atoms with Gasteiger partial charge in [-0.2, -0.15) is 0 Å². The molecule has 16 heteroatoms. The van der Waals surface area contributed by atoms with E-state index in [2.05, 4.69) is 4.74 Å². The summed E-state index contributed by atoms with van der Waals surface area (Å²) in [6.45, 7) is 1.48. The summed E-state index contributed by atoms with van der Waals surface area (Å²) in [5.41, 5.74) is 1.65. The first-order valence-electron chi connectivity index (χ1n) is 14.9. The number of unbranched alkanes of at least 4 members (excludes halogenated alkanes) is 1. The Morgan fingerprint density at radius 2 is 1.27 bits per heavy atom. The molecule has 0 heterocycles. The fourth-order valence-corrected chi connectivity index (χ4v) is 4.39. The van der Waals surface area contributed by atoms with E-state index < -0.39 is 29.7 Å². The quantitative estimate of drug-likeness (QED) is 0.0705. The van der Waals surface area contributed by atoms with Crippen molar-refractivity contribution in [2.24, 2.45) is 0 Å². The molecule has 0 N–H and O–H groups in total. The molecule has 0 saturated heterocycles. The van der Waals surface area contributed by atoms with Gasteiger partial charge in [0.1, 0.15) is 19.0 Å². The summed E-state index contributed by atoms with van der Waals surface area (Å²) in [6, 6.07) is 6.07. The molecule has 0 unspecified atom stereocenters. The van der Waals surface area contributed by atoms with Crippen LogP contribution in [0.3, 0.4) is 0 Å². The van der Waals surface area contributed by atoms with Crippen LogP contribution in [0, 0.1) is 17.0 Å². The van der Waals surface area contributed by atoms with E-state index in [9.17, 15) is 29.3 Å². The van der Waals surface area contributed by atoms with Crippen molar-refractivity contribution in [2.45, 2.75) is 52.4 Å². The SMILES string of the molecule is COCc1cc(C)cc(COC(=O)CCCCC(=O)OC)c1OC(=O)N(C)CCN(C)C(=O)OCc1cc(OC)c(OC)cc1[N+](=O)[O-]. The maximum atomic E-state index is 13.1. The molecule has 0 fully saturated rings. The number of carbonyl (C=O) groups excluding carboxylic acids is 4. The number of esters is 2. The van der Waals surface area contributed by atoms with Gasteiger partial charge in [-0.1, -0.05) is 11.6 Å². The summed E-state index contributed by atoms with van der Waals surface area (Å²) in [5, 5.41) is 11.5. The summed E-state index contributed by atoms with van der Waals surface area (Å²) in [4.78, 5) is 62.7. The van der Waals surface area contributed by atoms with Crippen LogP contribution in [0.1, 0.15) is 47.9 Å². The molecular formula is C32H43N3O13. The van der Waals surface area contributed by atoms with Gasteiger partial charge in [-0.3, -0.25) is 19.7 Å². The molecule has 264 valence electrons. The monoisotopic (exact) mass is 677 g/mol. The third-order valence-corrected chi connectivity index (χ3v) is 7.03. The Balaban J connectivity index is 2.01. The lowest BCUT2D eigenvalue weighted by atomic mass is 10.1. The van der Waals surface area contributed by atoms with Crippen LogP contribution in [0.25, 0.3) is 0 Å². The van der Waals surface area contributed by atoms with Crippen LogP contribution >= 0.6 is 0 Å². The number of hydrogen-bond acceptors (Lipinski definition) is 13. The predicted molar refractivity (Wildman–Crippen MR) is 170 cm³/mol. The summed E-state index contributed by atoms with van der Waals surface area (Å²) in [7, 11) is 8.44. The second-order valence-corrected chi connectivity index (χ2v) is 10.6. The molecule has 0 bridgehead atoms. The Bertz CT molecular complexity index is 1450. The van der Waals surface area contributed by atoms with Gasteiger partial charge in [-0.05, 0) is 31.9 Å². The molecule has 0 saturated carbocycles. The lowest BCUT2D eigenvalue weighted by molar-refractivity contribution is -0.385. The number of nitro benzene ring substituents is 1. The minimum Gasteiger partial charge on any atom is -0.493 e. The molecular weight excluding hydrogens is 634 g/mol. The number of amides is 2.